The number of halogens is 1. The van der Waals surface area contributed by atoms with Gasteiger partial charge in [0, 0.05) is 19.3 Å². The van der Waals surface area contributed by atoms with Crippen LogP contribution in [0.15, 0.2) is 16.7 Å². The van der Waals surface area contributed by atoms with Gasteiger partial charge < -0.3 is 10.6 Å². The Morgan fingerprint density at radius 3 is 3.13 bits per heavy atom. The minimum absolute atomic E-state index is 0.575. The normalized spacial score (nSPS) is 21.7. The second-order valence-electron chi connectivity index (χ2n) is 4.22. The monoisotopic (exact) mass is 269 g/mol. The summed E-state index contributed by atoms with van der Waals surface area (Å²) in [5.74, 6) is 1.34. The average Bonchev–Trinajstić information content (AvgIpc) is 2.22. The first-order valence-corrected chi connectivity index (χ1v) is 6.12. The van der Waals surface area contributed by atoms with Crippen LogP contribution < -0.4 is 10.6 Å². The molecule has 2 N–H and O–H groups in total. The van der Waals surface area contributed by atoms with E-state index in [0.29, 0.717) is 5.82 Å². The first-order chi connectivity index (χ1) is 7.18. The van der Waals surface area contributed by atoms with E-state index in [-0.39, 0.29) is 0 Å². The number of aromatic nitrogens is 1. The van der Waals surface area contributed by atoms with Gasteiger partial charge in [0.15, 0.2) is 0 Å². The zero-order valence-electron chi connectivity index (χ0n) is 8.91. The molecule has 1 aliphatic rings. The summed E-state index contributed by atoms with van der Waals surface area (Å²) in [5.41, 5.74) is 6.95. The third-order valence-electron chi connectivity index (χ3n) is 2.89. The van der Waals surface area contributed by atoms with Crippen LogP contribution in [0.4, 0.5) is 11.5 Å². The molecule has 4 heteroatoms. The fourth-order valence-corrected chi connectivity index (χ4v) is 2.59. The first-order valence-electron chi connectivity index (χ1n) is 5.33. The van der Waals surface area contributed by atoms with Crippen molar-refractivity contribution in [3.8, 4) is 0 Å². The van der Waals surface area contributed by atoms with Crippen LogP contribution in [0.5, 0.6) is 0 Å². The predicted octanol–water partition coefficient (Wildman–Crippen LogP) is 2.66. The lowest BCUT2D eigenvalue weighted by atomic mass is 10.00. The highest BCUT2D eigenvalue weighted by atomic mass is 79.9. The summed E-state index contributed by atoms with van der Waals surface area (Å²) in [7, 11) is 0. The minimum Gasteiger partial charge on any atom is -0.383 e. The van der Waals surface area contributed by atoms with Crippen molar-refractivity contribution in [3.05, 3.63) is 16.7 Å². The van der Waals surface area contributed by atoms with Gasteiger partial charge in [-0.15, -0.1) is 0 Å². The number of rotatable bonds is 1. The van der Waals surface area contributed by atoms with Gasteiger partial charge in [-0.05, 0) is 40.8 Å². The molecule has 1 unspecified atom stereocenters. The summed E-state index contributed by atoms with van der Waals surface area (Å²) in [4.78, 5) is 6.44. The van der Waals surface area contributed by atoms with E-state index in [4.69, 9.17) is 5.73 Å². The Bertz CT molecular complexity index is 354. The van der Waals surface area contributed by atoms with Crippen LogP contribution in [0.25, 0.3) is 0 Å². The van der Waals surface area contributed by atoms with E-state index in [0.717, 1.165) is 23.5 Å². The molecule has 0 saturated carbocycles. The van der Waals surface area contributed by atoms with Crippen molar-refractivity contribution in [3.63, 3.8) is 0 Å². The number of nitrogens with zero attached hydrogens (tertiary/aromatic N) is 2. The van der Waals surface area contributed by atoms with Gasteiger partial charge in [-0.1, -0.05) is 6.92 Å². The standard InChI is InChI=1S/C11H16BrN3/c1-8-3-2-6-15(7-8)9-4-5-14-11(13)10(9)12/h4-5,8H,2-3,6-7H2,1H3,(H2,13,14). The number of pyridine rings is 1. The lowest BCUT2D eigenvalue weighted by molar-refractivity contribution is 0.446. The highest BCUT2D eigenvalue weighted by Crippen LogP contribution is 2.32. The molecule has 0 radical (unpaired) electrons. The van der Waals surface area contributed by atoms with E-state index < -0.39 is 0 Å². The molecular weight excluding hydrogens is 254 g/mol. The fraction of sp³-hybridized carbons (Fsp3) is 0.545. The van der Waals surface area contributed by atoms with Crippen LogP contribution >= 0.6 is 15.9 Å². The molecule has 1 aliphatic heterocycles. The number of hydrogen-bond donors (Lipinski definition) is 1. The van der Waals surface area contributed by atoms with E-state index in [2.05, 4.69) is 32.7 Å². The average molecular weight is 270 g/mol. The molecule has 1 atom stereocenters. The second-order valence-corrected chi connectivity index (χ2v) is 5.02. The maximum atomic E-state index is 5.78. The molecule has 0 spiro atoms. The largest absolute Gasteiger partial charge is 0.383 e. The smallest absolute Gasteiger partial charge is 0.139 e. The van der Waals surface area contributed by atoms with E-state index in [1.807, 2.05) is 6.07 Å². The Balaban J connectivity index is 2.24. The lowest BCUT2D eigenvalue weighted by Gasteiger charge is -2.33. The van der Waals surface area contributed by atoms with Crippen molar-refractivity contribution in [2.24, 2.45) is 5.92 Å². The van der Waals surface area contributed by atoms with Crippen molar-refractivity contribution >= 4 is 27.4 Å². The van der Waals surface area contributed by atoms with Crippen LogP contribution in [0.2, 0.25) is 0 Å². The van der Waals surface area contributed by atoms with Gasteiger partial charge >= 0.3 is 0 Å². The Morgan fingerprint density at radius 1 is 1.60 bits per heavy atom. The van der Waals surface area contributed by atoms with E-state index in [1.54, 1.807) is 6.20 Å². The van der Waals surface area contributed by atoms with Gasteiger partial charge in [0.25, 0.3) is 0 Å². The van der Waals surface area contributed by atoms with Gasteiger partial charge in [0.05, 0.1) is 10.2 Å². The molecule has 2 rings (SSSR count). The Hall–Kier alpha value is -0.770. The van der Waals surface area contributed by atoms with Gasteiger partial charge in [-0.25, -0.2) is 4.98 Å². The molecule has 1 fully saturated rings. The maximum absolute atomic E-state index is 5.78. The molecule has 3 nitrogen and oxygen atoms in total. The molecule has 1 saturated heterocycles. The number of hydrogen-bond acceptors (Lipinski definition) is 3. The summed E-state index contributed by atoms with van der Waals surface area (Å²) in [6.45, 7) is 4.53. The molecule has 1 aromatic rings. The molecule has 1 aromatic heterocycles. The van der Waals surface area contributed by atoms with Crippen LogP contribution in [-0.4, -0.2) is 18.1 Å². The van der Waals surface area contributed by atoms with Crippen LogP contribution in [0.3, 0.4) is 0 Å². The minimum atomic E-state index is 0.575. The van der Waals surface area contributed by atoms with E-state index in [9.17, 15) is 0 Å². The number of anilines is 2. The van der Waals surface area contributed by atoms with Gasteiger partial charge in [-0.3, -0.25) is 0 Å². The van der Waals surface area contributed by atoms with Crippen LogP contribution in [-0.2, 0) is 0 Å². The van der Waals surface area contributed by atoms with Gasteiger partial charge in [-0.2, -0.15) is 0 Å². The Morgan fingerprint density at radius 2 is 2.40 bits per heavy atom. The first kappa shape index (κ1) is 10.7. The lowest BCUT2D eigenvalue weighted by Crippen LogP contribution is -2.34. The highest BCUT2D eigenvalue weighted by molar-refractivity contribution is 9.10. The predicted molar refractivity (Wildman–Crippen MR) is 67.0 cm³/mol. The van der Waals surface area contributed by atoms with Crippen molar-refractivity contribution < 1.29 is 0 Å². The number of nitrogens with two attached hydrogens (primary N) is 1. The van der Waals surface area contributed by atoms with Gasteiger partial charge in [0.2, 0.25) is 0 Å². The zero-order chi connectivity index (χ0) is 10.8. The number of nitrogen functional groups attached to an aromatic ring is 1. The molecule has 0 bridgehead atoms. The van der Waals surface area contributed by atoms with Crippen molar-refractivity contribution in [1.29, 1.82) is 0 Å². The number of piperidine rings is 1. The summed E-state index contributed by atoms with van der Waals surface area (Å²) >= 11 is 3.51. The second kappa shape index (κ2) is 4.39. The zero-order valence-corrected chi connectivity index (χ0v) is 10.5. The fourth-order valence-electron chi connectivity index (χ4n) is 2.10. The summed E-state index contributed by atoms with van der Waals surface area (Å²) in [6.07, 6.45) is 4.36. The van der Waals surface area contributed by atoms with E-state index >= 15 is 0 Å². The molecule has 0 aliphatic carbocycles. The third-order valence-corrected chi connectivity index (χ3v) is 3.71. The van der Waals surface area contributed by atoms with Crippen molar-refractivity contribution in [2.45, 2.75) is 19.8 Å². The van der Waals surface area contributed by atoms with E-state index in [1.165, 1.54) is 18.5 Å². The molecule has 15 heavy (non-hydrogen) atoms. The summed E-state index contributed by atoms with van der Waals surface area (Å²) in [6, 6.07) is 2.03. The van der Waals surface area contributed by atoms with Crippen LogP contribution in [0, 0.1) is 5.92 Å². The molecule has 0 amide bonds. The Labute approximate surface area is 98.8 Å². The maximum Gasteiger partial charge on any atom is 0.139 e. The summed E-state index contributed by atoms with van der Waals surface area (Å²) < 4.78 is 0.930. The third kappa shape index (κ3) is 2.25. The Kier molecular flexibility index (Phi) is 3.14. The summed E-state index contributed by atoms with van der Waals surface area (Å²) in [5, 5.41) is 0. The SMILES string of the molecule is CC1CCCN(c2ccnc(N)c2Br)C1. The van der Waals surface area contributed by atoms with Gasteiger partial charge in [0.1, 0.15) is 5.82 Å². The quantitative estimate of drug-likeness (QED) is 0.853. The van der Waals surface area contributed by atoms with Crippen LogP contribution in [0.1, 0.15) is 19.8 Å². The highest BCUT2D eigenvalue weighted by Gasteiger charge is 2.19. The molecular formula is C11H16BrN3. The van der Waals surface area contributed by atoms with Crippen molar-refractivity contribution in [1.82, 2.24) is 4.98 Å². The topological polar surface area (TPSA) is 42.2 Å². The molecule has 82 valence electrons. The van der Waals surface area contributed by atoms with Crippen molar-refractivity contribution in [2.75, 3.05) is 23.7 Å². The molecule has 2 heterocycles. The molecule has 0 aromatic carbocycles.